The highest BCUT2D eigenvalue weighted by molar-refractivity contribution is 9.10. The largest absolute Gasteiger partial charge is 0.422 e. The molecule has 0 unspecified atom stereocenters. The van der Waals surface area contributed by atoms with Crippen molar-refractivity contribution in [3.63, 3.8) is 0 Å². The van der Waals surface area contributed by atoms with Gasteiger partial charge in [0, 0.05) is 26.5 Å². The molecule has 3 aromatic carbocycles. The fourth-order valence-electron chi connectivity index (χ4n) is 3.62. The van der Waals surface area contributed by atoms with Crippen molar-refractivity contribution in [2.75, 3.05) is 0 Å². The van der Waals surface area contributed by atoms with E-state index in [0.717, 1.165) is 25.7 Å². The summed E-state index contributed by atoms with van der Waals surface area (Å²) in [7, 11) is 0. The van der Waals surface area contributed by atoms with Gasteiger partial charge in [-0.05, 0) is 48.4 Å². The Morgan fingerprint density at radius 3 is 2.74 bits per heavy atom. The molecule has 8 heteroatoms. The van der Waals surface area contributed by atoms with Crippen LogP contribution in [-0.2, 0) is 16.0 Å². The Morgan fingerprint density at radius 1 is 1.14 bits per heavy atom. The van der Waals surface area contributed by atoms with E-state index < -0.39 is 11.9 Å². The molecule has 0 spiro atoms. The Labute approximate surface area is 218 Å². The van der Waals surface area contributed by atoms with Crippen LogP contribution in [-0.4, -0.2) is 17.8 Å². The average molecular weight is 567 g/mol. The molecule has 2 heterocycles. The molecule has 0 aliphatic carbocycles. The van der Waals surface area contributed by atoms with E-state index in [1.807, 2.05) is 55.5 Å². The lowest BCUT2D eigenvalue weighted by Crippen LogP contribution is -2.08. The summed E-state index contributed by atoms with van der Waals surface area (Å²) >= 11 is 11.2. The molecule has 4 aromatic rings. The molecule has 35 heavy (non-hydrogen) atoms. The maximum absolute atomic E-state index is 13.0. The number of rotatable bonds is 5. The smallest absolute Gasteiger partial charge is 0.363 e. The Bertz CT molecular complexity index is 1540. The maximum atomic E-state index is 13.0. The highest BCUT2D eigenvalue weighted by atomic mass is 79.9. The Kier molecular flexibility index (Phi) is 6.56. The Hall–Kier alpha value is -3.26. The summed E-state index contributed by atoms with van der Waals surface area (Å²) in [5, 5.41) is 1.17. The second-order valence-corrected chi connectivity index (χ2v) is 10.2. The average Bonchev–Trinajstić information content (AvgIpc) is 3.34. The number of nitrogens with zero attached hydrogens (tertiary/aromatic N) is 1. The second-order valence-electron chi connectivity index (χ2n) is 7.90. The zero-order valence-corrected chi connectivity index (χ0v) is 21.5. The highest BCUT2D eigenvalue weighted by Gasteiger charge is 2.25. The van der Waals surface area contributed by atoms with Gasteiger partial charge in [-0.15, -0.1) is 11.3 Å². The molecule has 0 amide bonds. The van der Waals surface area contributed by atoms with Crippen LogP contribution in [0.4, 0.5) is 0 Å². The molecule has 0 radical (unpaired) electrons. The summed E-state index contributed by atoms with van der Waals surface area (Å²) < 4.78 is 12.7. The van der Waals surface area contributed by atoms with Crippen molar-refractivity contribution < 1.29 is 19.1 Å². The van der Waals surface area contributed by atoms with E-state index in [-0.39, 0.29) is 11.4 Å². The van der Waals surface area contributed by atoms with Gasteiger partial charge in [-0.1, -0.05) is 70.0 Å². The monoisotopic (exact) mass is 565 g/mol. The summed E-state index contributed by atoms with van der Waals surface area (Å²) in [6, 6.07) is 20.6. The topological polar surface area (TPSA) is 65.0 Å². The first-order chi connectivity index (χ1) is 16.9. The number of cyclic esters (lactones) is 1. The van der Waals surface area contributed by atoms with Crippen molar-refractivity contribution in [1.29, 1.82) is 0 Å². The minimum Gasteiger partial charge on any atom is -0.422 e. The summed E-state index contributed by atoms with van der Waals surface area (Å²) in [6.07, 6.45) is 1.94. The van der Waals surface area contributed by atoms with E-state index in [1.165, 1.54) is 11.3 Å². The van der Waals surface area contributed by atoms with Crippen LogP contribution in [0.5, 0.6) is 5.75 Å². The molecule has 1 aliphatic heterocycles. The zero-order valence-electron chi connectivity index (χ0n) is 18.4. The molecule has 5 rings (SSSR count). The number of carbonyl (C=O) groups excluding carboxylic acids is 2. The van der Waals surface area contributed by atoms with Gasteiger partial charge in [0.2, 0.25) is 5.90 Å². The van der Waals surface area contributed by atoms with Crippen LogP contribution in [0, 0.1) is 6.92 Å². The first-order valence-corrected chi connectivity index (χ1v) is 12.6. The molecular weight excluding hydrogens is 550 g/mol. The van der Waals surface area contributed by atoms with Gasteiger partial charge in [0.05, 0.1) is 5.02 Å². The Balaban J connectivity index is 1.44. The van der Waals surface area contributed by atoms with E-state index >= 15 is 0 Å². The molecule has 0 atom stereocenters. The number of benzene rings is 3. The SMILES string of the molecule is Cc1ccc2c(Cl)c(C(=O)Oc3ccc(Br)cc3/C=C3/N=C(Cc4ccccc4)OC3=O)sc2c1. The van der Waals surface area contributed by atoms with Gasteiger partial charge in [-0.3, -0.25) is 0 Å². The summed E-state index contributed by atoms with van der Waals surface area (Å²) in [6.45, 7) is 1.98. The number of ether oxygens (including phenoxy) is 2. The lowest BCUT2D eigenvalue weighted by Gasteiger charge is -2.08. The number of aryl methyl sites for hydroxylation is 1. The van der Waals surface area contributed by atoms with Gasteiger partial charge in [0.25, 0.3) is 0 Å². The van der Waals surface area contributed by atoms with Gasteiger partial charge in [-0.25, -0.2) is 14.6 Å². The predicted octanol–water partition coefficient (Wildman–Crippen LogP) is 7.38. The molecule has 1 aromatic heterocycles. The van der Waals surface area contributed by atoms with E-state index in [4.69, 9.17) is 21.1 Å². The van der Waals surface area contributed by atoms with Crippen molar-refractivity contribution in [2.45, 2.75) is 13.3 Å². The summed E-state index contributed by atoms with van der Waals surface area (Å²) in [5.41, 5.74) is 2.68. The standard InChI is InChI=1S/C27H17BrClNO4S/c1-15-7-9-19-22(11-15)35-25(24(19)29)27(32)33-21-10-8-18(28)13-17(21)14-20-26(31)34-23(30-20)12-16-5-3-2-4-6-16/h2-11,13-14H,12H2,1H3/b20-14+. The van der Waals surface area contributed by atoms with E-state index in [0.29, 0.717) is 27.8 Å². The number of halogens is 2. The highest BCUT2D eigenvalue weighted by Crippen LogP contribution is 2.37. The minimum absolute atomic E-state index is 0.127. The normalized spacial score (nSPS) is 14.3. The minimum atomic E-state index is -0.571. The van der Waals surface area contributed by atoms with Crippen molar-refractivity contribution in [3.05, 3.63) is 103 Å². The van der Waals surface area contributed by atoms with E-state index in [9.17, 15) is 9.59 Å². The fourth-order valence-corrected chi connectivity index (χ4v) is 5.48. The predicted molar refractivity (Wildman–Crippen MR) is 142 cm³/mol. The Morgan fingerprint density at radius 2 is 1.94 bits per heavy atom. The molecular formula is C27H17BrClNO4S. The van der Waals surface area contributed by atoms with Crippen LogP contribution in [0.2, 0.25) is 5.02 Å². The number of fused-ring (bicyclic) bond motifs is 1. The van der Waals surface area contributed by atoms with Crippen LogP contribution in [0.3, 0.4) is 0 Å². The van der Waals surface area contributed by atoms with Gasteiger partial charge in [0.1, 0.15) is 10.6 Å². The molecule has 1 aliphatic rings. The number of hydrogen-bond donors (Lipinski definition) is 0. The molecule has 174 valence electrons. The quantitative estimate of drug-likeness (QED) is 0.144. The lowest BCUT2D eigenvalue weighted by atomic mass is 10.1. The maximum Gasteiger partial charge on any atom is 0.363 e. The van der Waals surface area contributed by atoms with Crippen LogP contribution in [0.25, 0.3) is 16.2 Å². The van der Waals surface area contributed by atoms with Crippen LogP contribution >= 0.6 is 38.9 Å². The van der Waals surface area contributed by atoms with Crippen LogP contribution in [0.15, 0.2) is 81.9 Å². The molecule has 0 saturated carbocycles. The number of aliphatic imine (C=N–C) groups is 1. The number of thiophene rings is 1. The van der Waals surface area contributed by atoms with Gasteiger partial charge < -0.3 is 9.47 Å². The zero-order chi connectivity index (χ0) is 24.5. The van der Waals surface area contributed by atoms with Gasteiger partial charge in [-0.2, -0.15) is 0 Å². The molecule has 0 N–H and O–H groups in total. The van der Waals surface area contributed by atoms with Crippen molar-refractivity contribution in [3.8, 4) is 5.75 Å². The lowest BCUT2D eigenvalue weighted by molar-refractivity contribution is -0.130. The molecule has 0 saturated heterocycles. The number of hydrogen-bond acceptors (Lipinski definition) is 6. The third-order valence-corrected chi connectivity index (χ3v) is 7.43. The third kappa shape index (κ3) is 5.07. The van der Waals surface area contributed by atoms with Gasteiger partial charge in [0.15, 0.2) is 5.70 Å². The van der Waals surface area contributed by atoms with Crippen LogP contribution in [0.1, 0.15) is 26.4 Å². The van der Waals surface area contributed by atoms with Crippen molar-refractivity contribution in [2.24, 2.45) is 4.99 Å². The molecule has 5 nitrogen and oxygen atoms in total. The molecule has 0 bridgehead atoms. The number of carbonyl (C=O) groups is 2. The molecule has 0 fully saturated rings. The third-order valence-electron chi connectivity index (χ3n) is 5.30. The number of esters is 2. The fraction of sp³-hybridized carbons (Fsp3) is 0.0741. The van der Waals surface area contributed by atoms with Crippen LogP contribution < -0.4 is 4.74 Å². The summed E-state index contributed by atoms with van der Waals surface area (Å²) in [5.74, 6) is -0.544. The first-order valence-electron chi connectivity index (χ1n) is 10.6. The van der Waals surface area contributed by atoms with Crippen molar-refractivity contribution in [1.82, 2.24) is 0 Å². The summed E-state index contributed by atoms with van der Waals surface area (Å²) in [4.78, 5) is 30.2. The van der Waals surface area contributed by atoms with E-state index in [1.54, 1.807) is 24.3 Å². The first kappa shape index (κ1) is 23.5. The van der Waals surface area contributed by atoms with Crippen molar-refractivity contribution >= 4 is 72.9 Å². The van der Waals surface area contributed by atoms with E-state index in [2.05, 4.69) is 20.9 Å². The second kappa shape index (κ2) is 9.77. The van der Waals surface area contributed by atoms with Gasteiger partial charge >= 0.3 is 11.9 Å².